The molecule has 0 bridgehead atoms. The van der Waals surface area contributed by atoms with E-state index in [1.807, 2.05) is 6.07 Å². The van der Waals surface area contributed by atoms with E-state index in [4.69, 9.17) is 17.0 Å². The molecule has 190 valence electrons. The van der Waals surface area contributed by atoms with Gasteiger partial charge < -0.3 is 0 Å². The van der Waals surface area contributed by atoms with Crippen molar-refractivity contribution in [2.45, 2.75) is 46.0 Å². The average Bonchev–Trinajstić information content (AvgIpc) is 3.53. The summed E-state index contributed by atoms with van der Waals surface area (Å²) < 4.78 is 0. The summed E-state index contributed by atoms with van der Waals surface area (Å²) in [4.78, 5) is 0. The Balaban J connectivity index is 0.000000177. The molecule has 0 saturated carbocycles. The van der Waals surface area contributed by atoms with Gasteiger partial charge in [-0.3, -0.25) is 0 Å². The van der Waals surface area contributed by atoms with E-state index in [-0.39, 0.29) is 0 Å². The Morgan fingerprint density at radius 1 is 0.895 bits per heavy atom. The Labute approximate surface area is 249 Å². The van der Waals surface area contributed by atoms with Crippen molar-refractivity contribution in [1.29, 1.82) is 0 Å². The first kappa shape index (κ1) is 29.2. The van der Waals surface area contributed by atoms with E-state index in [2.05, 4.69) is 118 Å². The van der Waals surface area contributed by atoms with Gasteiger partial charge in [-0.2, -0.15) is 35.5 Å². The summed E-state index contributed by atoms with van der Waals surface area (Å²) in [7, 11) is 10.7. The molecule has 0 saturated heterocycles. The minimum absolute atomic E-state index is 0.536. The maximum absolute atomic E-state index is 4.93. The van der Waals surface area contributed by atoms with Gasteiger partial charge in [0, 0.05) is 0 Å². The van der Waals surface area contributed by atoms with Crippen LogP contribution in [0, 0.1) is 6.07 Å². The van der Waals surface area contributed by atoms with Crippen molar-refractivity contribution in [3.05, 3.63) is 114 Å². The fourth-order valence-corrected chi connectivity index (χ4v) is 6.33. The number of hydrogen-bond donors (Lipinski definition) is 0. The molecule has 1 aliphatic rings. The fourth-order valence-electron chi connectivity index (χ4n) is 5.02. The number of aryl methyl sites for hydroxylation is 1. The third kappa shape index (κ3) is 7.02. The minimum atomic E-state index is -0.826. The molecule has 0 nitrogen and oxygen atoms in total. The molecule has 6 rings (SSSR count). The zero-order chi connectivity index (χ0) is 26.9. The van der Waals surface area contributed by atoms with Crippen LogP contribution in [-0.2, 0) is 27.3 Å². The van der Waals surface area contributed by atoms with Crippen molar-refractivity contribution in [1.82, 2.24) is 0 Å². The number of fused-ring (bicyclic) bond motifs is 4. The molecular weight excluding hydrogens is 599 g/mol. The third-order valence-electron chi connectivity index (χ3n) is 6.82. The number of unbranched alkanes of at least 4 members (excludes halogenated alkanes) is 1. The molecule has 0 spiro atoms. The third-order valence-corrected chi connectivity index (χ3v) is 8.19. The second-order valence-corrected chi connectivity index (χ2v) is 14.7. The summed E-state index contributed by atoms with van der Waals surface area (Å²) >= 11 is -0.826. The Morgan fingerprint density at radius 3 is 2.34 bits per heavy atom. The zero-order valence-electron chi connectivity index (χ0n) is 22.2. The molecular formula is C34H32Cl2SiZr. The van der Waals surface area contributed by atoms with Crippen LogP contribution >= 0.6 is 17.0 Å². The van der Waals surface area contributed by atoms with Gasteiger partial charge in [-0.1, -0.05) is 110 Å². The van der Waals surface area contributed by atoms with Crippen LogP contribution in [0.25, 0.3) is 33.0 Å². The monoisotopic (exact) mass is 628 g/mol. The molecule has 5 aromatic rings. The first-order valence-electron chi connectivity index (χ1n) is 13.2. The molecule has 0 N–H and O–H groups in total. The van der Waals surface area contributed by atoms with Crippen LogP contribution in [0.2, 0.25) is 0 Å². The van der Waals surface area contributed by atoms with E-state index in [0.717, 1.165) is 9.52 Å². The van der Waals surface area contributed by atoms with Crippen molar-refractivity contribution < 1.29 is 20.8 Å². The summed E-state index contributed by atoms with van der Waals surface area (Å²) in [6.45, 7) is 6.83. The van der Waals surface area contributed by atoms with Crippen LogP contribution in [0.15, 0.2) is 97.1 Å². The summed E-state index contributed by atoms with van der Waals surface area (Å²) in [5.74, 6) is 0.536. The fraction of sp³-hybridized carbons (Fsp3) is 0.206. The molecule has 2 radical (unpaired) electrons. The molecule has 0 aromatic heterocycles. The van der Waals surface area contributed by atoms with E-state index < -0.39 is 20.8 Å². The van der Waals surface area contributed by atoms with Gasteiger partial charge in [-0.05, 0) is 17.9 Å². The number of hydrogen-bond acceptors (Lipinski definition) is 0. The van der Waals surface area contributed by atoms with Crippen LogP contribution in [0.4, 0.5) is 0 Å². The minimum Gasteiger partial charge on any atom is -0.184 e. The topological polar surface area (TPSA) is 0 Å². The van der Waals surface area contributed by atoms with Crippen LogP contribution < -0.4 is 10.4 Å². The normalized spacial score (nSPS) is 11.1. The van der Waals surface area contributed by atoms with Gasteiger partial charge in [0.25, 0.3) is 0 Å². The van der Waals surface area contributed by atoms with Gasteiger partial charge in [0.05, 0.1) is 9.52 Å². The second kappa shape index (κ2) is 14.5. The van der Waals surface area contributed by atoms with Crippen molar-refractivity contribution in [2.24, 2.45) is 0 Å². The van der Waals surface area contributed by atoms with Gasteiger partial charge >= 0.3 is 37.9 Å². The molecule has 38 heavy (non-hydrogen) atoms. The Bertz CT molecular complexity index is 1410. The molecule has 0 atom stereocenters. The molecule has 4 heteroatoms. The maximum Gasteiger partial charge on any atom is 0.0920 e. The molecule has 0 aliphatic carbocycles. The molecule has 0 fully saturated rings. The van der Waals surface area contributed by atoms with E-state index >= 15 is 0 Å². The van der Waals surface area contributed by atoms with Crippen molar-refractivity contribution in [3.63, 3.8) is 0 Å². The van der Waals surface area contributed by atoms with Crippen LogP contribution in [0.1, 0.15) is 50.7 Å². The predicted molar refractivity (Wildman–Crippen MR) is 165 cm³/mol. The molecule has 1 aliphatic heterocycles. The first-order chi connectivity index (χ1) is 18.6. The van der Waals surface area contributed by atoms with E-state index in [1.165, 1.54) is 73.8 Å². The predicted octanol–water partition coefficient (Wildman–Crippen LogP) is 9.19. The molecule has 1 heterocycles. The number of halogens is 2. The van der Waals surface area contributed by atoms with E-state index in [1.54, 1.807) is 0 Å². The van der Waals surface area contributed by atoms with Crippen molar-refractivity contribution in [2.75, 3.05) is 0 Å². The first-order valence-corrected chi connectivity index (χ1v) is 20.5. The number of rotatable bonds is 5. The van der Waals surface area contributed by atoms with Crippen molar-refractivity contribution in [3.8, 4) is 22.3 Å². The van der Waals surface area contributed by atoms with E-state index in [0.29, 0.717) is 5.92 Å². The molecule has 5 aromatic carbocycles. The van der Waals surface area contributed by atoms with Gasteiger partial charge in [0.1, 0.15) is 0 Å². The summed E-state index contributed by atoms with van der Waals surface area (Å²) in [6, 6.07) is 38.4. The Morgan fingerprint density at radius 2 is 1.61 bits per heavy atom. The Hall–Kier alpha value is -1.83. The Kier molecular flexibility index (Phi) is 11.1. The summed E-state index contributed by atoms with van der Waals surface area (Å²) in [5, 5.41) is 5.63. The zero-order valence-corrected chi connectivity index (χ0v) is 27.2. The van der Waals surface area contributed by atoms with E-state index in [9.17, 15) is 0 Å². The van der Waals surface area contributed by atoms with Crippen LogP contribution in [0.5, 0.6) is 0 Å². The van der Waals surface area contributed by atoms with Gasteiger partial charge in [-0.25, -0.2) is 0 Å². The van der Waals surface area contributed by atoms with Crippen LogP contribution in [-0.4, -0.2) is 9.52 Å². The smallest absolute Gasteiger partial charge is 0.0920 e. The standard InChI is InChI=1S/C22H25.C12H7Si.2ClH.Zr/c1-4-5-9-17-14-19-12-13-20(16(2)3)22(21(19)15-17)18-10-7-6-8-11-18;1-3-7-11-9(5-1)10-6-2-4-8-12(10)13-11;;;/h6-8,10-16H,4-5,9H2,1-3H3;1-7H;2*1H;/q2*-1;;;+4/p-2. The van der Waals surface area contributed by atoms with Gasteiger partial charge in [0.2, 0.25) is 0 Å². The number of benzene rings is 4. The average molecular weight is 631 g/mol. The van der Waals surface area contributed by atoms with Gasteiger partial charge in [0.15, 0.2) is 0 Å². The summed E-state index contributed by atoms with van der Waals surface area (Å²) in [5.41, 5.74) is 8.46. The molecule has 0 amide bonds. The molecule has 0 unspecified atom stereocenters. The largest absolute Gasteiger partial charge is 0.184 e. The van der Waals surface area contributed by atoms with Crippen molar-refractivity contribution >= 4 is 47.7 Å². The maximum atomic E-state index is 4.93. The SMILES string of the molecule is CCCCc1cc2c(-c3ccccc3)c(C(C)C)ccc2[cH-]1.[Cl][Zr+2][Cl].[c-]1cccc2c1[Si]c1ccccc1-2. The van der Waals surface area contributed by atoms with Gasteiger partial charge in [-0.15, -0.1) is 40.1 Å². The quantitative estimate of drug-likeness (QED) is 0.132. The van der Waals surface area contributed by atoms with Crippen LogP contribution in [0.3, 0.4) is 0 Å². The summed E-state index contributed by atoms with van der Waals surface area (Å²) in [6.07, 6.45) is 3.72. The second-order valence-electron chi connectivity index (χ2n) is 9.72.